The molecule has 1 aliphatic rings. The van der Waals surface area contributed by atoms with Crippen LogP contribution in [0.25, 0.3) is 0 Å². The number of aromatic nitrogens is 2. The fourth-order valence-electron chi connectivity index (χ4n) is 3.65. The molecular weight excluding hydrogens is 338 g/mol. The molecule has 1 atom stereocenters. The Balaban J connectivity index is 1.77. The van der Waals surface area contributed by atoms with Crippen molar-refractivity contribution >= 4 is 0 Å². The van der Waals surface area contributed by atoms with E-state index in [1.54, 1.807) is 20.3 Å². The van der Waals surface area contributed by atoms with Gasteiger partial charge >= 0.3 is 0 Å². The lowest BCUT2D eigenvalue weighted by atomic mass is 9.96. The number of benzene rings is 2. The van der Waals surface area contributed by atoms with Crippen molar-refractivity contribution in [1.82, 2.24) is 14.9 Å². The molecule has 5 nitrogen and oxygen atoms in total. The van der Waals surface area contributed by atoms with Crippen LogP contribution in [0.1, 0.15) is 28.6 Å². The molecule has 0 bridgehead atoms. The molecule has 2 heterocycles. The van der Waals surface area contributed by atoms with Crippen molar-refractivity contribution in [2.75, 3.05) is 20.8 Å². The second kappa shape index (κ2) is 7.76. The minimum Gasteiger partial charge on any atom is -0.481 e. The van der Waals surface area contributed by atoms with E-state index in [9.17, 15) is 0 Å². The molecule has 0 aliphatic carbocycles. The molecule has 0 saturated carbocycles. The van der Waals surface area contributed by atoms with Crippen LogP contribution < -0.4 is 9.47 Å². The highest BCUT2D eigenvalue weighted by Crippen LogP contribution is 2.33. The molecular formula is C22H23N3O2. The Morgan fingerprint density at radius 1 is 0.852 bits per heavy atom. The molecule has 0 spiro atoms. The molecule has 1 aromatic heterocycles. The summed E-state index contributed by atoms with van der Waals surface area (Å²) in [4.78, 5) is 11.7. The number of rotatable bonds is 5. The summed E-state index contributed by atoms with van der Waals surface area (Å²) in [7, 11) is 3.22. The standard InChI is InChI=1S/C22H23N3O2/c1-26-19-14-20(27-2)24-22(23-19)21(17-9-4-3-5-10-17)25-13-12-16-8-6-7-11-18(16)15-25/h3-11,14,21H,12-13,15H2,1-2H3/t21-/m1/s1. The maximum Gasteiger partial charge on any atom is 0.220 e. The van der Waals surface area contributed by atoms with Gasteiger partial charge in [-0.25, -0.2) is 0 Å². The van der Waals surface area contributed by atoms with Crippen LogP contribution in [0.15, 0.2) is 60.7 Å². The molecule has 0 fully saturated rings. The van der Waals surface area contributed by atoms with Crippen molar-refractivity contribution in [2.45, 2.75) is 19.0 Å². The molecule has 0 N–H and O–H groups in total. The summed E-state index contributed by atoms with van der Waals surface area (Å²) in [5, 5.41) is 0. The topological polar surface area (TPSA) is 47.5 Å². The molecule has 0 saturated heterocycles. The van der Waals surface area contributed by atoms with Crippen LogP contribution in [0.4, 0.5) is 0 Å². The fraction of sp³-hybridized carbons (Fsp3) is 0.273. The van der Waals surface area contributed by atoms with Crippen molar-refractivity contribution < 1.29 is 9.47 Å². The van der Waals surface area contributed by atoms with Gasteiger partial charge in [0.2, 0.25) is 11.8 Å². The number of hydrogen-bond donors (Lipinski definition) is 0. The van der Waals surface area contributed by atoms with E-state index >= 15 is 0 Å². The van der Waals surface area contributed by atoms with Gasteiger partial charge in [-0.05, 0) is 23.1 Å². The van der Waals surface area contributed by atoms with Gasteiger partial charge in [0.15, 0.2) is 5.82 Å². The average Bonchev–Trinajstić information content (AvgIpc) is 2.74. The maximum absolute atomic E-state index is 5.38. The first-order valence-corrected chi connectivity index (χ1v) is 9.11. The highest BCUT2D eigenvalue weighted by molar-refractivity contribution is 5.33. The molecule has 1 aliphatic heterocycles. The molecule has 138 valence electrons. The predicted molar refractivity (Wildman–Crippen MR) is 104 cm³/mol. The zero-order chi connectivity index (χ0) is 18.6. The van der Waals surface area contributed by atoms with Crippen LogP contribution >= 0.6 is 0 Å². The van der Waals surface area contributed by atoms with Crippen molar-refractivity contribution in [3.05, 3.63) is 83.2 Å². The van der Waals surface area contributed by atoms with Crippen molar-refractivity contribution in [1.29, 1.82) is 0 Å². The molecule has 0 unspecified atom stereocenters. The largest absolute Gasteiger partial charge is 0.481 e. The van der Waals surface area contributed by atoms with Gasteiger partial charge in [-0.3, -0.25) is 4.90 Å². The van der Waals surface area contributed by atoms with Crippen LogP contribution in [0.3, 0.4) is 0 Å². The summed E-state index contributed by atoms with van der Waals surface area (Å²) in [6, 6.07) is 20.7. The van der Waals surface area contributed by atoms with Crippen molar-refractivity contribution in [3.8, 4) is 11.8 Å². The van der Waals surface area contributed by atoms with Gasteiger partial charge in [-0.1, -0.05) is 54.6 Å². The molecule has 3 aromatic rings. The Morgan fingerprint density at radius 3 is 2.15 bits per heavy atom. The Bertz CT molecular complexity index is 892. The third-order valence-electron chi connectivity index (χ3n) is 5.00. The summed E-state index contributed by atoms with van der Waals surface area (Å²) in [6.07, 6.45) is 1.01. The first kappa shape index (κ1) is 17.5. The van der Waals surface area contributed by atoms with Crippen molar-refractivity contribution in [2.24, 2.45) is 0 Å². The van der Waals surface area contributed by atoms with E-state index in [4.69, 9.17) is 9.47 Å². The van der Waals surface area contributed by atoms with Gasteiger partial charge in [0.1, 0.15) is 0 Å². The lowest BCUT2D eigenvalue weighted by Gasteiger charge is -2.35. The zero-order valence-electron chi connectivity index (χ0n) is 15.6. The Kier molecular flexibility index (Phi) is 5.03. The summed E-state index contributed by atoms with van der Waals surface area (Å²) >= 11 is 0. The van der Waals surface area contributed by atoms with Gasteiger partial charge < -0.3 is 9.47 Å². The van der Waals surface area contributed by atoms with Crippen LogP contribution in [0, 0.1) is 0 Å². The first-order chi connectivity index (χ1) is 13.3. The van der Waals surface area contributed by atoms with Crippen LogP contribution in [0.5, 0.6) is 11.8 Å². The van der Waals surface area contributed by atoms with Gasteiger partial charge in [0, 0.05) is 13.1 Å². The third kappa shape index (κ3) is 3.64. The van der Waals surface area contributed by atoms with E-state index in [2.05, 4.69) is 63.4 Å². The quantitative estimate of drug-likeness (QED) is 0.694. The monoisotopic (exact) mass is 361 g/mol. The Hall–Kier alpha value is -2.92. The second-order valence-electron chi connectivity index (χ2n) is 6.61. The molecule has 27 heavy (non-hydrogen) atoms. The Morgan fingerprint density at radius 2 is 1.48 bits per heavy atom. The Labute approximate surface area is 159 Å². The second-order valence-corrected chi connectivity index (χ2v) is 6.61. The zero-order valence-corrected chi connectivity index (χ0v) is 15.6. The van der Waals surface area contributed by atoms with E-state index < -0.39 is 0 Å². The fourth-order valence-corrected chi connectivity index (χ4v) is 3.65. The predicted octanol–water partition coefficient (Wildman–Crippen LogP) is 3.64. The normalized spacial score (nSPS) is 15.0. The number of nitrogens with zero attached hydrogens (tertiary/aromatic N) is 3. The van der Waals surface area contributed by atoms with Crippen LogP contribution in [-0.4, -0.2) is 35.6 Å². The van der Waals surface area contributed by atoms with E-state index in [1.165, 1.54) is 11.1 Å². The molecule has 0 radical (unpaired) electrons. The number of ether oxygens (including phenoxy) is 2. The highest BCUT2D eigenvalue weighted by atomic mass is 16.5. The van der Waals surface area contributed by atoms with Crippen LogP contribution in [-0.2, 0) is 13.0 Å². The van der Waals surface area contributed by atoms with Gasteiger partial charge in [0.25, 0.3) is 0 Å². The number of methoxy groups -OCH3 is 2. The third-order valence-corrected chi connectivity index (χ3v) is 5.00. The van der Waals surface area contributed by atoms with E-state index in [0.717, 1.165) is 25.1 Å². The van der Waals surface area contributed by atoms with Gasteiger partial charge in [-0.2, -0.15) is 9.97 Å². The maximum atomic E-state index is 5.38. The van der Waals surface area contributed by atoms with E-state index in [0.29, 0.717) is 17.6 Å². The SMILES string of the molecule is COc1cc(OC)nc([C@@H](c2ccccc2)N2CCc3ccccc3C2)n1. The number of fused-ring (bicyclic) bond motifs is 1. The average molecular weight is 361 g/mol. The molecule has 2 aromatic carbocycles. The lowest BCUT2D eigenvalue weighted by molar-refractivity contribution is 0.197. The summed E-state index contributed by atoms with van der Waals surface area (Å²) in [5.74, 6) is 1.71. The molecule has 0 amide bonds. The number of hydrogen-bond acceptors (Lipinski definition) is 5. The molecule has 5 heteroatoms. The minimum atomic E-state index is -0.0662. The lowest BCUT2D eigenvalue weighted by Crippen LogP contribution is -2.35. The summed E-state index contributed by atoms with van der Waals surface area (Å²) in [5.41, 5.74) is 3.94. The van der Waals surface area contributed by atoms with Crippen molar-refractivity contribution in [3.63, 3.8) is 0 Å². The van der Waals surface area contributed by atoms with E-state index in [1.807, 2.05) is 6.07 Å². The highest BCUT2D eigenvalue weighted by Gasteiger charge is 2.29. The first-order valence-electron chi connectivity index (χ1n) is 9.11. The smallest absolute Gasteiger partial charge is 0.220 e. The summed E-state index contributed by atoms with van der Waals surface area (Å²) in [6.45, 7) is 1.80. The van der Waals surface area contributed by atoms with Crippen LogP contribution in [0.2, 0.25) is 0 Å². The molecule has 4 rings (SSSR count). The van der Waals surface area contributed by atoms with Gasteiger partial charge in [0.05, 0.1) is 26.3 Å². The van der Waals surface area contributed by atoms with Gasteiger partial charge in [-0.15, -0.1) is 0 Å². The van der Waals surface area contributed by atoms with E-state index in [-0.39, 0.29) is 6.04 Å². The summed E-state index contributed by atoms with van der Waals surface area (Å²) < 4.78 is 10.8. The minimum absolute atomic E-state index is 0.0662.